The van der Waals surface area contributed by atoms with Crippen LogP contribution in [0.3, 0.4) is 0 Å². The average Bonchev–Trinajstić information content (AvgIpc) is 3.28. The first kappa shape index (κ1) is 20.6. The summed E-state index contributed by atoms with van der Waals surface area (Å²) in [5.41, 5.74) is 3.70. The van der Waals surface area contributed by atoms with Gasteiger partial charge >= 0.3 is 11.9 Å². The third-order valence-corrected chi connectivity index (χ3v) is 4.33. The summed E-state index contributed by atoms with van der Waals surface area (Å²) in [5, 5.41) is 38.2. The molecule has 0 saturated heterocycles. The van der Waals surface area contributed by atoms with Crippen molar-refractivity contribution in [1.82, 2.24) is 25.5 Å². The van der Waals surface area contributed by atoms with Crippen molar-refractivity contribution in [2.75, 3.05) is 6.54 Å². The van der Waals surface area contributed by atoms with Crippen LogP contribution in [0.5, 0.6) is 0 Å². The molecule has 1 aromatic heterocycles. The highest BCUT2D eigenvalue weighted by molar-refractivity contribution is 6.32. The molecule has 0 atom stereocenters. The fraction of sp³-hybridized carbons (Fsp3) is 0.200. The van der Waals surface area contributed by atoms with E-state index in [-0.39, 0.29) is 6.02 Å². The first-order valence-electron chi connectivity index (χ1n) is 9.25. The van der Waals surface area contributed by atoms with Gasteiger partial charge < -0.3 is 14.7 Å². The second kappa shape index (κ2) is 9.41. The minimum absolute atomic E-state index is 0.354. The predicted octanol–water partition coefficient (Wildman–Crippen LogP) is 2.76. The molecule has 3 aromatic rings. The van der Waals surface area contributed by atoms with E-state index in [9.17, 15) is 4.79 Å². The topological polar surface area (TPSA) is 152 Å². The number of aromatic nitrogens is 4. The SMILES string of the molecule is CCCN(Cc1ccc(-c2ccccc2-c2nn[nH]n2)cc1)C(=N)OC(=N)C(=O)O. The molecule has 30 heavy (non-hydrogen) atoms. The summed E-state index contributed by atoms with van der Waals surface area (Å²) in [6.07, 6.45) is 0.738. The highest BCUT2D eigenvalue weighted by Gasteiger charge is 2.17. The third-order valence-electron chi connectivity index (χ3n) is 4.33. The number of carboxylic acids is 1. The number of carbonyl (C=O) groups is 1. The van der Waals surface area contributed by atoms with Gasteiger partial charge in [0.25, 0.3) is 6.02 Å². The Kier molecular flexibility index (Phi) is 6.48. The molecule has 10 nitrogen and oxygen atoms in total. The number of hydrogen-bond donors (Lipinski definition) is 4. The van der Waals surface area contributed by atoms with Gasteiger partial charge in [0.05, 0.1) is 0 Å². The summed E-state index contributed by atoms with van der Waals surface area (Å²) < 4.78 is 4.82. The van der Waals surface area contributed by atoms with E-state index in [0.717, 1.165) is 28.7 Å². The maximum Gasteiger partial charge on any atom is 0.391 e. The molecule has 0 radical (unpaired) electrons. The lowest BCUT2D eigenvalue weighted by Gasteiger charge is -2.23. The van der Waals surface area contributed by atoms with Crippen LogP contribution in [0.2, 0.25) is 0 Å². The molecule has 154 valence electrons. The summed E-state index contributed by atoms with van der Waals surface area (Å²) in [5.74, 6) is -1.98. The van der Waals surface area contributed by atoms with Gasteiger partial charge in [-0.1, -0.05) is 55.5 Å². The van der Waals surface area contributed by atoms with Crippen LogP contribution in [0.25, 0.3) is 22.5 Å². The molecular weight excluding hydrogens is 386 g/mol. The molecular formula is C20H21N7O3. The molecule has 0 fully saturated rings. The van der Waals surface area contributed by atoms with Crippen LogP contribution >= 0.6 is 0 Å². The lowest BCUT2D eigenvalue weighted by Crippen LogP contribution is -2.35. The summed E-state index contributed by atoms with van der Waals surface area (Å²) in [7, 11) is 0. The maximum absolute atomic E-state index is 10.8. The van der Waals surface area contributed by atoms with Crippen molar-refractivity contribution in [2.24, 2.45) is 0 Å². The largest absolute Gasteiger partial charge is 0.474 e. The van der Waals surface area contributed by atoms with Crippen molar-refractivity contribution in [3.8, 4) is 22.5 Å². The fourth-order valence-electron chi connectivity index (χ4n) is 2.94. The van der Waals surface area contributed by atoms with Crippen molar-refractivity contribution >= 4 is 17.9 Å². The number of nitrogens with zero attached hydrogens (tertiary/aromatic N) is 4. The van der Waals surface area contributed by atoms with E-state index in [1.54, 1.807) is 4.90 Å². The molecule has 0 bridgehead atoms. The number of aromatic amines is 1. The molecule has 0 spiro atoms. The van der Waals surface area contributed by atoms with Crippen molar-refractivity contribution in [1.29, 1.82) is 10.8 Å². The first-order valence-corrected chi connectivity index (χ1v) is 9.25. The van der Waals surface area contributed by atoms with Crippen molar-refractivity contribution in [3.63, 3.8) is 0 Å². The Hall–Kier alpha value is -4.08. The number of carboxylic acid groups (broad SMARTS) is 1. The van der Waals surface area contributed by atoms with Crippen LogP contribution < -0.4 is 0 Å². The Bertz CT molecular complexity index is 1030. The highest BCUT2D eigenvalue weighted by Crippen LogP contribution is 2.29. The van der Waals surface area contributed by atoms with Gasteiger partial charge in [0.2, 0.25) is 5.82 Å². The van der Waals surface area contributed by atoms with Gasteiger partial charge in [-0.2, -0.15) is 5.21 Å². The number of hydrogen-bond acceptors (Lipinski definition) is 7. The average molecular weight is 407 g/mol. The lowest BCUT2D eigenvalue weighted by molar-refractivity contribution is -0.130. The van der Waals surface area contributed by atoms with Gasteiger partial charge in [0.15, 0.2) is 0 Å². The third kappa shape index (κ3) is 4.85. The number of benzene rings is 2. The van der Waals surface area contributed by atoms with Crippen molar-refractivity contribution in [3.05, 3.63) is 54.1 Å². The number of nitrogens with one attached hydrogen (secondary N) is 3. The molecule has 4 N–H and O–H groups in total. The summed E-state index contributed by atoms with van der Waals surface area (Å²) in [6, 6.07) is 15.2. The van der Waals surface area contributed by atoms with Crippen LogP contribution in [-0.4, -0.2) is 55.1 Å². The summed E-state index contributed by atoms with van der Waals surface area (Å²) in [4.78, 5) is 12.4. The summed E-state index contributed by atoms with van der Waals surface area (Å²) in [6.45, 7) is 2.79. The molecule has 0 aliphatic heterocycles. The van der Waals surface area contributed by atoms with E-state index in [1.807, 2.05) is 55.5 Å². The van der Waals surface area contributed by atoms with Gasteiger partial charge in [0.1, 0.15) is 0 Å². The van der Waals surface area contributed by atoms with E-state index in [1.165, 1.54) is 0 Å². The zero-order valence-corrected chi connectivity index (χ0v) is 16.3. The highest BCUT2D eigenvalue weighted by atomic mass is 16.5. The molecule has 0 saturated carbocycles. The lowest BCUT2D eigenvalue weighted by atomic mass is 9.98. The van der Waals surface area contributed by atoms with Crippen LogP contribution in [0.15, 0.2) is 48.5 Å². The van der Waals surface area contributed by atoms with Gasteiger partial charge in [-0.3, -0.25) is 10.8 Å². The normalized spacial score (nSPS) is 10.4. The monoisotopic (exact) mass is 407 g/mol. The number of tetrazole rings is 1. The smallest absolute Gasteiger partial charge is 0.391 e. The quantitative estimate of drug-likeness (QED) is 0.362. The number of rotatable bonds is 6. The standard InChI is InChI=1S/C20H21N7O3/c1-2-11-27(20(22)30-17(21)19(28)29)12-13-7-9-14(10-8-13)15-5-3-4-6-16(15)18-23-25-26-24-18/h3-10,21-22H,2,11-12H2,1H3,(H,28,29)(H,23,24,25,26). The van der Waals surface area contributed by atoms with E-state index >= 15 is 0 Å². The predicted molar refractivity (Wildman–Crippen MR) is 110 cm³/mol. The Morgan fingerprint density at radius 3 is 2.43 bits per heavy atom. The van der Waals surface area contributed by atoms with Crippen LogP contribution in [-0.2, 0) is 16.1 Å². The molecule has 0 unspecified atom stereocenters. The van der Waals surface area contributed by atoms with Gasteiger partial charge in [0, 0.05) is 18.7 Å². The minimum Gasteiger partial charge on any atom is -0.474 e. The van der Waals surface area contributed by atoms with Gasteiger partial charge in [-0.25, -0.2) is 4.79 Å². The Morgan fingerprint density at radius 2 is 1.83 bits per heavy atom. The Morgan fingerprint density at radius 1 is 1.13 bits per heavy atom. The van der Waals surface area contributed by atoms with E-state index in [0.29, 0.717) is 18.9 Å². The number of H-pyrrole nitrogens is 1. The zero-order chi connectivity index (χ0) is 21.5. The molecule has 10 heteroatoms. The number of amidine groups is 1. The minimum atomic E-state index is -1.51. The van der Waals surface area contributed by atoms with Crippen molar-refractivity contribution in [2.45, 2.75) is 19.9 Å². The fourth-order valence-corrected chi connectivity index (χ4v) is 2.94. The molecule has 3 rings (SSSR count). The summed E-state index contributed by atoms with van der Waals surface area (Å²) >= 11 is 0. The number of aliphatic carboxylic acids is 1. The second-order valence-corrected chi connectivity index (χ2v) is 6.44. The van der Waals surface area contributed by atoms with Crippen LogP contribution in [0.1, 0.15) is 18.9 Å². The van der Waals surface area contributed by atoms with E-state index in [4.69, 9.17) is 20.7 Å². The van der Waals surface area contributed by atoms with Crippen molar-refractivity contribution < 1.29 is 14.6 Å². The van der Waals surface area contributed by atoms with Crippen LogP contribution in [0.4, 0.5) is 0 Å². The molecule has 1 heterocycles. The zero-order valence-electron chi connectivity index (χ0n) is 16.3. The Labute approximate surface area is 172 Å². The van der Waals surface area contributed by atoms with E-state index < -0.39 is 11.9 Å². The Balaban J connectivity index is 1.78. The molecule has 0 aliphatic rings. The first-order chi connectivity index (χ1) is 14.5. The maximum atomic E-state index is 10.8. The van der Waals surface area contributed by atoms with Gasteiger partial charge in [-0.05, 0) is 28.3 Å². The molecule has 0 amide bonds. The van der Waals surface area contributed by atoms with Crippen LogP contribution in [0, 0.1) is 10.8 Å². The molecule has 2 aromatic carbocycles. The number of ether oxygens (including phenoxy) is 1. The van der Waals surface area contributed by atoms with E-state index in [2.05, 4.69) is 20.6 Å². The second-order valence-electron chi connectivity index (χ2n) is 6.44. The molecule has 0 aliphatic carbocycles. The van der Waals surface area contributed by atoms with Gasteiger partial charge in [-0.15, -0.1) is 10.2 Å².